The summed E-state index contributed by atoms with van der Waals surface area (Å²) in [7, 11) is 0. The van der Waals surface area contributed by atoms with Crippen molar-refractivity contribution >= 4 is 11.6 Å². The molecule has 1 aliphatic carbocycles. The van der Waals surface area contributed by atoms with Crippen molar-refractivity contribution in [3.05, 3.63) is 34.3 Å². The van der Waals surface area contributed by atoms with Crippen LogP contribution in [0.5, 0.6) is 0 Å². The molecule has 1 fully saturated rings. The van der Waals surface area contributed by atoms with Gasteiger partial charge in [0.2, 0.25) is 0 Å². The SMILES string of the molecule is Clc1ccc2c(c1)C[C@@H]1CNC[C@H]21. The molecule has 0 radical (unpaired) electrons. The highest BCUT2D eigenvalue weighted by molar-refractivity contribution is 6.30. The first-order valence-corrected chi connectivity index (χ1v) is 5.21. The third kappa shape index (κ3) is 1.11. The van der Waals surface area contributed by atoms with Crippen LogP contribution in [0, 0.1) is 5.92 Å². The molecule has 0 saturated carbocycles. The normalized spacial score (nSPS) is 30.2. The molecular formula is C11H12ClN. The highest BCUT2D eigenvalue weighted by atomic mass is 35.5. The topological polar surface area (TPSA) is 12.0 Å². The highest BCUT2D eigenvalue weighted by Crippen LogP contribution is 2.40. The molecule has 2 atom stereocenters. The number of rotatable bonds is 0. The molecule has 0 unspecified atom stereocenters. The molecule has 68 valence electrons. The van der Waals surface area contributed by atoms with Crippen LogP contribution in [0.2, 0.25) is 5.02 Å². The second-order valence-corrected chi connectivity index (χ2v) is 4.51. The van der Waals surface area contributed by atoms with Crippen LogP contribution in [0.3, 0.4) is 0 Å². The van der Waals surface area contributed by atoms with Crippen LogP contribution in [0.25, 0.3) is 0 Å². The lowest BCUT2D eigenvalue weighted by atomic mass is 9.97. The average Bonchev–Trinajstić information content (AvgIpc) is 2.62. The molecule has 1 heterocycles. The number of fused-ring (bicyclic) bond motifs is 3. The summed E-state index contributed by atoms with van der Waals surface area (Å²) in [5, 5.41) is 4.33. The number of benzene rings is 1. The van der Waals surface area contributed by atoms with Crippen molar-refractivity contribution in [1.29, 1.82) is 0 Å². The van der Waals surface area contributed by atoms with Crippen LogP contribution in [-0.2, 0) is 6.42 Å². The zero-order valence-corrected chi connectivity index (χ0v) is 8.14. The molecule has 1 aromatic rings. The molecular weight excluding hydrogens is 182 g/mol. The largest absolute Gasteiger partial charge is 0.316 e. The highest BCUT2D eigenvalue weighted by Gasteiger charge is 2.35. The van der Waals surface area contributed by atoms with E-state index in [4.69, 9.17) is 11.6 Å². The van der Waals surface area contributed by atoms with Gasteiger partial charge in [-0.1, -0.05) is 17.7 Å². The van der Waals surface area contributed by atoms with E-state index in [1.54, 1.807) is 0 Å². The fourth-order valence-corrected chi connectivity index (χ4v) is 2.90. The predicted molar refractivity (Wildman–Crippen MR) is 54.3 cm³/mol. The molecule has 2 heteroatoms. The quantitative estimate of drug-likeness (QED) is 0.666. The van der Waals surface area contributed by atoms with E-state index >= 15 is 0 Å². The lowest BCUT2D eigenvalue weighted by Gasteiger charge is -2.07. The maximum atomic E-state index is 5.96. The first-order chi connectivity index (χ1) is 6.34. The van der Waals surface area contributed by atoms with Crippen molar-refractivity contribution < 1.29 is 0 Å². The number of nitrogens with one attached hydrogen (secondary N) is 1. The van der Waals surface area contributed by atoms with Crippen LogP contribution in [0.4, 0.5) is 0 Å². The Morgan fingerprint density at radius 3 is 3.15 bits per heavy atom. The molecule has 1 saturated heterocycles. The van der Waals surface area contributed by atoms with E-state index in [2.05, 4.69) is 17.4 Å². The van der Waals surface area contributed by atoms with Crippen molar-refractivity contribution in [2.45, 2.75) is 12.3 Å². The Balaban J connectivity index is 2.08. The molecule has 0 amide bonds. The summed E-state index contributed by atoms with van der Waals surface area (Å²) in [5.41, 5.74) is 3.00. The minimum absolute atomic E-state index is 0.757. The maximum Gasteiger partial charge on any atom is 0.0408 e. The van der Waals surface area contributed by atoms with Crippen molar-refractivity contribution in [3.8, 4) is 0 Å². The second-order valence-electron chi connectivity index (χ2n) is 4.07. The zero-order valence-electron chi connectivity index (χ0n) is 7.39. The van der Waals surface area contributed by atoms with Crippen LogP contribution < -0.4 is 5.32 Å². The minimum atomic E-state index is 0.757. The minimum Gasteiger partial charge on any atom is -0.316 e. The Bertz CT molecular complexity index is 348. The molecule has 1 aromatic carbocycles. The van der Waals surface area contributed by atoms with Crippen molar-refractivity contribution in [2.24, 2.45) is 5.92 Å². The average molecular weight is 194 g/mol. The Morgan fingerprint density at radius 1 is 1.31 bits per heavy atom. The van der Waals surface area contributed by atoms with Gasteiger partial charge in [0.25, 0.3) is 0 Å². The van der Waals surface area contributed by atoms with E-state index in [9.17, 15) is 0 Å². The third-order valence-corrected chi connectivity index (χ3v) is 3.56. The summed E-state index contributed by atoms with van der Waals surface area (Å²) in [4.78, 5) is 0. The van der Waals surface area contributed by atoms with Crippen LogP contribution >= 0.6 is 11.6 Å². The smallest absolute Gasteiger partial charge is 0.0408 e. The summed E-state index contributed by atoms with van der Waals surface area (Å²) < 4.78 is 0. The molecule has 0 aromatic heterocycles. The molecule has 0 spiro atoms. The summed E-state index contributed by atoms with van der Waals surface area (Å²) in [5.74, 6) is 1.58. The Hall–Kier alpha value is -0.530. The molecule has 0 bridgehead atoms. The Kier molecular flexibility index (Phi) is 1.64. The fourth-order valence-electron chi connectivity index (χ4n) is 2.71. The van der Waals surface area contributed by atoms with Gasteiger partial charge >= 0.3 is 0 Å². The van der Waals surface area contributed by atoms with Gasteiger partial charge in [-0.3, -0.25) is 0 Å². The van der Waals surface area contributed by atoms with E-state index in [0.29, 0.717) is 0 Å². The van der Waals surface area contributed by atoms with E-state index in [1.165, 1.54) is 24.1 Å². The van der Waals surface area contributed by atoms with Gasteiger partial charge in [-0.15, -0.1) is 0 Å². The van der Waals surface area contributed by atoms with Gasteiger partial charge in [-0.2, -0.15) is 0 Å². The molecule has 13 heavy (non-hydrogen) atoms. The van der Waals surface area contributed by atoms with Gasteiger partial charge in [0, 0.05) is 17.5 Å². The number of hydrogen-bond acceptors (Lipinski definition) is 1. The second kappa shape index (κ2) is 2.73. The van der Waals surface area contributed by atoms with E-state index in [1.807, 2.05) is 6.07 Å². The van der Waals surface area contributed by atoms with Crippen molar-refractivity contribution in [3.63, 3.8) is 0 Å². The monoisotopic (exact) mass is 193 g/mol. The predicted octanol–water partition coefficient (Wildman–Crippen LogP) is 2.20. The van der Waals surface area contributed by atoms with Crippen molar-refractivity contribution in [1.82, 2.24) is 5.32 Å². The van der Waals surface area contributed by atoms with Crippen LogP contribution in [0.1, 0.15) is 17.0 Å². The first kappa shape index (κ1) is 7.84. The lowest BCUT2D eigenvalue weighted by Crippen LogP contribution is -2.10. The van der Waals surface area contributed by atoms with Crippen LogP contribution in [-0.4, -0.2) is 13.1 Å². The van der Waals surface area contributed by atoms with E-state index in [-0.39, 0.29) is 0 Å². The standard InChI is InChI=1S/C11H12ClN/c12-9-1-2-10-7(4-9)3-8-5-13-6-11(8)10/h1-2,4,8,11,13H,3,5-6H2/t8-,11+/m1/s1. The van der Waals surface area contributed by atoms with Gasteiger partial charge < -0.3 is 5.32 Å². The zero-order chi connectivity index (χ0) is 8.84. The van der Waals surface area contributed by atoms with Gasteiger partial charge in [0.05, 0.1) is 0 Å². The first-order valence-electron chi connectivity index (χ1n) is 4.83. The van der Waals surface area contributed by atoms with Gasteiger partial charge in [0.15, 0.2) is 0 Å². The third-order valence-electron chi connectivity index (χ3n) is 3.33. The summed E-state index contributed by atoms with van der Waals surface area (Å²) in [6, 6.07) is 6.35. The number of halogens is 1. The lowest BCUT2D eigenvalue weighted by molar-refractivity contribution is 0.564. The van der Waals surface area contributed by atoms with Gasteiger partial charge in [-0.25, -0.2) is 0 Å². The van der Waals surface area contributed by atoms with Crippen LogP contribution in [0.15, 0.2) is 18.2 Å². The molecule has 3 rings (SSSR count). The summed E-state index contributed by atoms with van der Waals surface area (Å²) in [6.07, 6.45) is 1.22. The van der Waals surface area contributed by atoms with Gasteiger partial charge in [-0.05, 0) is 42.1 Å². The summed E-state index contributed by atoms with van der Waals surface area (Å²) in [6.45, 7) is 2.33. The molecule has 2 aliphatic rings. The fraction of sp³-hybridized carbons (Fsp3) is 0.455. The van der Waals surface area contributed by atoms with Gasteiger partial charge in [0.1, 0.15) is 0 Å². The summed E-state index contributed by atoms with van der Waals surface area (Å²) >= 11 is 5.96. The Labute approximate surface area is 83.1 Å². The molecule has 1 nitrogen and oxygen atoms in total. The van der Waals surface area contributed by atoms with E-state index < -0.39 is 0 Å². The van der Waals surface area contributed by atoms with E-state index in [0.717, 1.165) is 23.4 Å². The Morgan fingerprint density at radius 2 is 2.23 bits per heavy atom. The maximum absolute atomic E-state index is 5.96. The number of hydrogen-bond donors (Lipinski definition) is 1. The molecule has 1 N–H and O–H groups in total. The van der Waals surface area contributed by atoms with Crippen molar-refractivity contribution in [2.75, 3.05) is 13.1 Å². The molecule has 1 aliphatic heterocycles.